The highest BCUT2D eigenvalue weighted by molar-refractivity contribution is 4.89. The zero-order valence-electron chi connectivity index (χ0n) is 12.5. The molecule has 0 amide bonds. The molecule has 1 N–H and O–H groups in total. The molecular formula is C16H32N2. The summed E-state index contributed by atoms with van der Waals surface area (Å²) in [4.78, 5) is 2.84. The first kappa shape index (κ1) is 14.3. The minimum atomic E-state index is 0.799. The standard InChI is InChI=1S/C16H32N2/c1-3-12-17-14-10-11-16(13-14)18(4-2)15-8-6-5-7-9-15/h14-17H,3-13H2,1-2H3. The lowest BCUT2D eigenvalue weighted by Gasteiger charge is -2.38. The van der Waals surface area contributed by atoms with E-state index in [0.29, 0.717) is 0 Å². The summed E-state index contributed by atoms with van der Waals surface area (Å²) in [6, 6.07) is 2.57. The highest BCUT2D eigenvalue weighted by Gasteiger charge is 2.32. The van der Waals surface area contributed by atoms with Gasteiger partial charge in [0.2, 0.25) is 0 Å². The van der Waals surface area contributed by atoms with Gasteiger partial charge in [-0.1, -0.05) is 33.1 Å². The van der Waals surface area contributed by atoms with Gasteiger partial charge in [0.1, 0.15) is 0 Å². The van der Waals surface area contributed by atoms with Crippen molar-refractivity contribution in [3.63, 3.8) is 0 Å². The molecule has 2 aliphatic rings. The Morgan fingerprint density at radius 2 is 1.72 bits per heavy atom. The molecule has 2 unspecified atom stereocenters. The summed E-state index contributed by atoms with van der Waals surface area (Å²) in [6.45, 7) is 7.09. The van der Waals surface area contributed by atoms with Crippen molar-refractivity contribution in [1.29, 1.82) is 0 Å². The van der Waals surface area contributed by atoms with Gasteiger partial charge in [0, 0.05) is 18.1 Å². The predicted molar refractivity (Wildman–Crippen MR) is 79.0 cm³/mol. The lowest BCUT2D eigenvalue weighted by atomic mass is 9.93. The van der Waals surface area contributed by atoms with Crippen molar-refractivity contribution in [2.24, 2.45) is 0 Å². The molecule has 0 radical (unpaired) electrons. The highest BCUT2D eigenvalue weighted by atomic mass is 15.2. The zero-order valence-corrected chi connectivity index (χ0v) is 12.5. The molecule has 2 fully saturated rings. The summed E-state index contributed by atoms with van der Waals surface area (Å²) in [5, 5.41) is 3.72. The van der Waals surface area contributed by atoms with E-state index in [1.165, 1.54) is 70.9 Å². The van der Waals surface area contributed by atoms with Crippen LogP contribution in [0, 0.1) is 0 Å². The van der Waals surface area contributed by atoms with Crippen molar-refractivity contribution < 1.29 is 0 Å². The average molecular weight is 252 g/mol. The first-order valence-electron chi connectivity index (χ1n) is 8.34. The second-order valence-electron chi connectivity index (χ2n) is 6.24. The molecule has 0 heterocycles. The van der Waals surface area contributed by atoms with Crippen molar-refractivity contribution in [3.05, 3.63) is 0 Å². The topological polar surface area (TPSA) is 15.3 Å². The Balaban J connectivity index is 1.81. The van der Waals surface area contributed by atoms with Gasteiger partial charge in [-0.3, -0.25) is 4.90 Å². The van der Waals surface area contributed by atoms with E-state index >= 15 is 0 Å². The fourth-order valence-corrected chi connectivity index (χ4v) is 4.02. The SMILES string of the molecule is CCCNC1CCC(N(CC)C2CCCCC2)C1. The van der Waals surface area contributed by atoms with Crippen LogP contribution in [0.2, 0.25) is 0 Å². The quantitative estimate of drug-likeness (QED) is 0.777. The summed E-state index contributed by atoms with van der Waals surface area (Å²) >= 11 is 0. The normalized spacial score (nSPS) is 30.2. The predicted octanol–water partition coefficient (Wildman–Crippen LogP) is 3.56. The Kier molecular flexibility index (Phi) is 5.97. The molecule has 2 nitrogen and oxygen atoms in total. The number of nitrogens with zero attached hydrogens (tertiary/aromatic N) is 1. The van der Waals surface area contributed by atoms with Gasteiger partial charge in [-0.05, 0) is 51.6 Å². The molecule has 2 aliphatic carbocycles. The van der Waals surface area contributed by atoms with E-state index in [4.69, 9.17) is 0 Å². The van der Waals surface area contributed by atoms with Crippen LogP contribution in [-0.2, 0) is 0 Å². The van der Waals surface area contributed by atoms with Crippen LogP contribution in [0.4, 0.5) is 0 Å². The molecule has 2 atom stereocenters. The first-order chi connectivity index (χ1) is 8.85. The van der Waals surface area contributed by atoms with E-state index in [-0.39, 0.29) is 0 Å². The Bertz CT molecular complexity index is 223. The van der Waals surface area contributed by atoms with E-state index in [9.17, 15) is 0 Å². The lowest BCUT2D eigenvalue weighted by molar-refractivity contribution is 0.111. The minimum Gasteiger partial charge on any atom is -0.314 e. The monoisotopic (exact) mass is 252 g/mol. The number of rotatable bonds is 6. The summed E-state index contributed by atoms with van der Waals surface area (Å²) < 4.78 is 0. The fraction of sp³-hybridized carbons (Fsp3) is 1.00. The largest absolute Gasteiger partial charge is 0.314 e. The van der Waals surface area contributed by atoms with Crippen molar-refractivity contribution in [2.75, 3.05) is 13.1 Å². The molecule has 0 saturated heterocycles. The third kappa shape index (κ3) is 3.71. The second-order valence-corrected chi connectivity index (χ2v) is 6.24. The van der Waals surface area contributed by atoms with Crippen LogP contribution in [0.5, 0.6) is 0 Å². The average Bonchev–Trinajstić information content (AvgIpc) is 2.87. The van der Waals surface area contributed by atoms with Crippen molar-refractivity contribution in [3.8, 4) is 0 Å². The van der Waals surface area contributed by atoms with Crippen LogP contribution in [0.1, 0.15) is 71.6 Å². The van der Waals surface area contributed by atoms with Gasteiger partial charge in [-0.15, -0.1) is 0 Å². The maximum Gasteiger partial charge on any atom is 0.0113 e. The Labute approximate surface area is 114 Å². The molecule has 2 heteroatoms. The maximum atomic E-state index is 3.72. The van der Waals surface area contributed by atoms with Gasteiger partial charge >= 0.3 is 0 Å². The molecule has 0 aromatic carbocycles. The van der Waals surface area contributed by atoms with Crippen LogP contribution < -0.4 is 5.32 Å². The van der Waals surface area contributed by atoms with E-state index in [1.807, 2.05) is 0 Å². The van der Waals surface area contributed by atoms with Gasteiger partial charge in [0.15, 0.2) is 0 Å². The van der Waals surface area contributed by atoms with Crippen molar-refractivity contribution in [1.82, 2.24) is 10.2 Å². The molecule has 2 rings (SSSR count). The highest BCUT2D eigenvalue weighted by Crippen LogP contribution is 2.30. The van der Waals surface area contributed by atoms with Crippen molar-refractivity contribution >= 4 is 0 Å². The van der Waals surface area contributed by atoms with Crippen LogP contribution in [0.3, 0.4) is 0 Å². The summed E-state index contributed by atoms with van der Waals surface area (Å²) in [6.07, 6.45) is 12.8. The summed E-state index contributed by atoms with van der Waals surface area (Å²) in [5.74, 6) is 0. The van der Waals surface area contributed by atoms with E-state index in [0.717, 1.165) is 18.1 Å². The maximum absolute atomic E-state index is 3.72. The first-order valence-corrected chi connectivity index (χ1v) is 8.34. The molecule has 0 aromatic heterocycles. The Morgan fingerprint density at radius 1 is 0.944 bits per heavy atom. The van der Waals surface area contributed by atoms with E-state index < -0.39 is 0 Å². The molecule has 2 saturated carbocycles. The van der Waals surface area contributed by atoms with E-state index in [1.54, 1.807) is 0 Å². The smallest absolute Gasteiger partial charge is 0.0113 e. The van der Waals surface area contributed by atoms with Crippen LogP contribution in [0.25, 0.3) is 0 Å². The number of hydrogen-bond acceptors (Lipinski definition) is 2. The van der Waals surface area contributed by atoms with E-state index in [2.05, 4.69) is 24.1 Å². The van der Waals surface area contributed by atoms with Gasteiger partial charge < -0.3 is 5.32 Å². The summed E-state index contributed by atoms with van der Waals surface area (Å²) in [5.41, 5.74) is 0. The molecule has 0 spiro atoms. The molecular weight excluding hydrogens is 220 g/mol. The third-order valence-corrected chi connectivity index (χ3v) is 4.97. The molecule has 0 aromatic rings. The van der Waals surface area contributed by atoms with Gasteiger partial charge in [-0.2, -0.15) is 0 Å². The van der Waals surface area contributed by atoms with Gasteiger partial charge in [-0.25, -0.2) is 0 Å². The Morgan fingerprint density at radius 3 is 2.39 bits per heavy atom. The third-order valence-electron chi connectivity index (χ3n) is 4.97. The second kappa shape index (κ2) is 7.49. The number of hydrogen-bond donors (Lipinski definition) is 1. The van der Waals surface area contributed by atoms with Crippen LogP contribution in [-0.4, -0.2) is 36.1 Å². The summed E-state index contributed by atoms with van der Waals surface area (Å²) in [7, 11) is 0. The molecule has 0 aliphatic heterocycles. The Hall–Kier alpha value is -0.0800. The van der Waals surface area contributed by atoms with Crippen LogP contribution in [0.15, 0.2) is 0 Å². The zero-order chi connectivity index (χ0) is 12.8. The lowest BCUT2D eigenvalue weighted by Crippen LogP contribution is -2.43. The van der Waals surface area contributed by atoms with Crippen molar-refractivity contribution in [2.45, 2.75) is 89.8 Å². The van der Waals surface area contributed by atoms with Crippen LogP contribution >= 0.6 is 0 Å². The molecule has 106 valence electrons. The van der Waals surface area contributed by atoms with Gasteiger partial charge in [0.25, 0.3) is 0 Å². The molecule has 18 heavy (non-hydrogen) atoms. The molecule has 0 bridgehead atoms. The fourth-order valence-electron chi connectivity index (χ4n) is 4.02. The number of nitrogens with one attached hydrogen (secondary N) is 1. The minimum absolute atomic E-state index is 0.799. The van der Waals surface area contributed by atoms with Gasteiger partial charge in [0.05, 0.1) is 0 Å².